The number of carbonyl (C=O) groups excluding carboxylic acids is 1. The highest BCUT2D eigenvalue weighted by molar-refractivity contribution is 5.94. The molecule has 1 heterocycles. The number of hydrogen-bond donors (Lipinski definition) is 1. The molecule has 0 fully saturated rings. The van der Waals surface area contributed by atoms with E-state index in [0.717, 1.165) is 6.42 Å². The summed E-state index contributed by atoms with van der Waals surface area (Å²) in [4.78, 5) is 22.9. The first kappa shape index (κ1) is 11.5. The Bertz CT molecular complexity index is 409. The van der Waals surface area contributed by atoms with Gasteiger partial charge in [-0.15, -0.1) is 0 Å². The minimum absolute atomic E-state index is 0.126. The first-order valence-corrected chi connectivity index (χ1v) is 5.02. The number of carbonyl (C=O) groups is 1. The summed E-state index contributed by atoms with van der Waals surface area (Å²) in [7, 11) is 1.65. The Labute approximate surface area is 88.9 Å². The molecule has 1 amide bonds. The van der Waals surface area contributed by atoms with Gasteiger partial charge in [0.15, 0.2) is 0 Å². The lowest BCUT2D eigenvalue weighted by atomic mass is 10.2. The van der Waals surface area contributed by atoms with Crippen LogP contribution in [0.3, 0.4) is 0 Å². The second-order valence-electron chi connectivity index (χ2n) is 3.65. The second-order valence-corrected chi connectivity index (χ2v) is 3.65. The van der Waals surface area contributed by atoms with Crippen LogP contribution in [0.4, 0.5) is 0 Å². The lowest BCUT2D eigenvalue weighted by Crippen LogP contribution is -2.33. The van der Waals surface area contributed by atoms with Crippen molar-refractivity contribution in [1.29, 1.82) is 0 Å². The highest BCUT2D eigenvalue weighted by Crippen LogP contribution is 1.96. The first-order valence-electron chi connectivity index (χ1n) is 5.02. The van der Waals surface area contributed by atoms with Gasteiger partial charge in [-0.05, 0) is 19.4 Å². The fraction of sp³-hybridized carbons (Fsp3) is 0.455. The Morgan fingerprint density at radius 1 is 1.60 bits per heavy atom. The number of nitrogens with one attached hydrogen (secondary N) is 1. The van der Waals surface area contributed by atoms with Crippen LogP contribution in [0.25, 0.3) is 0 Å². The van der Waals surface area contributed by atoms with Gasteiger partial charge in [0.25, 0.3) is 11.5 Å². The van der Waals surface area contributed by atoms with Gasteiger partial charge in [0.05, 0.1) is 0 Å². The van der Waals surface area contributed by atoms with Crippen molar-refractivity contribution < 1.29 is 4.79 Å². The number of aromatic nitrogens is 1. The summed E-state index contributed by atoms with van der Waals surface area (Å²) >= 11 is 0. The number of pyridine rings is 1. The largest absolute Gasteiger partial charge is 0.350 e. The van der Waals surface area contributed by atoms with Gasteiger partial charge in [0.2, 0.25) is 0 Å². The summed E-state index contributed by atoms with van der Waals surface area (Å²) in [6.07, 6.45) is 2.46. The van der Waals surface area contributed by atoms with Gasteiger partial charge in [-0.2, -0.15) is 0 Å². The average molecular weight is 208 g/mol. The number of rotatable bonds is 3. The number of amides is 1. The summed E-state index contributed by atoms with van der Waals surface area (Å²) in [5, 5.41) is 2.81. The molecule has 4 heteroatoms. The highest BCUT2D eigenvalue weighted by atomic mass is 16.2. The summed E-state index contributed by atoms with van der Waals surface area (Å²) < 4.78 is 1.43. The minimum Gasteiger partial charge on any atom is -0.350 e. The van der Waals surface area contributed by atoms with E-state index in [2.05, 4.69) is 5.32 Å². The summed E-state index contributed by atoms with van der Waals surface area (Å²) in [5.41, 5.74) is 0.241. The zero-order chi connectivity index (χ0) is 11.4. The topological polar surface area (TPSA) is 51.1 Å². The lowest BCUT2D eigenvalue weighted by molar-refractivity contribution is 0.0939. The Morgan fingerprint density at radius 2 is 2.27 bits per heavy atom. The highest BCUT2D eigenvalue weighted by Gasteiger charge is 2.08. The monoisotopic (exact) mass is 208 g/mol. The van der Waals surface area contributed by atoms with Gasteiger partial charge >= 0.3 is 0 Å². The third-order valence-corrected chi connectivity index (χ3v) is 2.36. The van der Waals surface area contributed by atoms with Crippen LogP contribution in [0.2, 0.25) is 0 Å². The molecule has 1 aromatic heterocycles. The summed E-state index contributed by atoms with van der Waals surface area (Å²) in [5.74, 6) is -0.193. The van der Waals surface area contributed by atoms with Gasteiger partial charge in [-0.25, -0.2) is 0 Å². The van der Waals surface area contributed by atoms with Crippen LogP contribution in [0, 0.1) is 0 Å². The smallest absolute Gasteiger partial charge is 0.251 e. The van der Waals surface area contributed by atoms with Gasteiger partial charge in [0, 0.05) is 30.9 Å². The van der Waals surface area contributed by atoms with Crippen LogP contribution in [-0.2, 0) is 7.05 Å². The SMILES string of the molecule is CCC(C)NC(=O)c1ccn(C)c(=O)c1. The van der Waals surface area contributed by atoms with Crippen molar-refractivity contribution in [2.24, 2.45) is 7.05 Å². The Morgan fingerprint density at radius 3 is 2.80 bits per heavy atom. The molecule has 1 aromatic rings. The molecule has 0 aliphatic carbocycles. The molecule has 0 aliphatic rings. The van der Waals surface area contributed by atoms with Crippen LogP contribution >= 0.6 is 0 Å². The van der Waals surface area contributed by atoms with Crippen molar-refractivity contribution in [2.45, 2.75) is 26.3 Å². The third-order valence-electron chi connectivity index (χ3n) is 2.36. The molecule has 1 rings (SSSR count). The van der Waals surface area contributed by atoms with E-state index < -0.39 is 0 Å². The molecule has 0 saturated heterocycles. The standard InChI is InChI=1S/C11H16N2O2/c1-4-8(2)12-11(15)9-5-6-13(3)10(14)7-9/h5-8H,4H2,1-3H3,(H,12,15). The van der Waals surface area contributed by atoms with Crippen LogP contribution in [0.15, 0.2) is 23.1 Å². The quantitative estimate of drug-likeness (QED) is 0.802. The zero-order valence-corrected chi connectivity index (χ0v) is 9.28. The van der Waals surface area contributed by atoms with E-state index in [9.17, 15) is 9.59 Å². The van der Waals surface area contributed by atoms with Crippen LogP contribution in [-0.4, -0.2) is 16.5 Å². The van der Waals surface area contributed by atoms with E-state index in [1.54, 1.807) is 19.3 Å². The van der Waals surface area contributed by atoms with Gasteiger partial charge < -0.3 is 9.88 Å². The molecule has 15 heavy (non-hydrogen) atoms. The van der Waals surface area contributed by atoms with Crippen molar-refractivity contribution in [2.75, 3.05) is 0 Å². The molecule has 0 bridgehead atoms. The number of aryl methyl sites for hydroxylation is 1. The van der Waals surface area contributed by atoms with Crippen molar-refractivity contribution in [3.8, 4) is 0 Å². The van der Waals surface area contributed by atoms with Crippen LogP contribution in [0.1, 0.15) is 30.6 Å². The fourth-order valence-electron chi connectivity index (χ4n) is 1.10. The van der Waals surface area contributed by atoms with E-state index in [1.807, 2.05) is 13.8 Å². The summed E-state index contributed by atoms with van der Waals surface area (Å²) in [6.45, 7) is 3.92. The normalized spacial score (nSPS) is 12.2. The molecule has 82 valence electrons. The van der Waals surface area contributed by atoms with Crippen LogP contribution < -0.4 is 10.9 Å². The molecule has 0 aliphatic heterocycles. The maximum atomic E-state index is 11.6. The maximum absolute atomic E-state index is 11.6. The van der Waals surface area contributed by atoms with E-state index in [4.69, 9.17) is 0 Å². The molecule has 0 saturated carbocycles. The predicted molar refractivity (Wildman–Crippen MR) is 58.9 cm³/mol. The zero-order valence-electron chi connectivity index (χ0n) is 9.28. The van der Waals surface area contributed by atoms with Gasteiger partial charge in [-0.3, -0.25) is 9.59 Å². The van der Waals surface area contributed by atoms with Crippen molar-refractivity contribution in [3.63, 3.8) is 0 Å². The Balaban J connectivity index is 2.83. The van der Waals surface area contributed by atoms with E-state index >= 15 is 0 Å². The molecule has 0 radical (unpaired) electrons. The number of hydrogen-bond acceptors (Lipinski definition) is 2. The molecular formula is C11H16N2O2. The lowest BCUT2D eigenvalue weighted by Gasteiger charge is -2.11. The second kappa shape index (κ2) is 4.77. The molecule has 1 atom stereocenters. The first-order chi connectivity index (χ1) is 7.04. The number of nitrogens with zero attached hydrogens (tertiary/aromatic N) is 1. The third kappa shape index (κ3) is 2.94. The Kier molecular flexibility index (Phi) is 3.66. The van der Waals surface area contributed by atoms with E-state index in [0.29, 0.717) is 5.56 Å². The van der Waals surface area contributed by atoms with E-state index in [-0.39, 0.29) is 17.5 Å². The fourth-order valence-corrected chi connectivity index (χ4v) is 1.10. The predicted octanol–water partition coefficient (Wildman–Crippen LogP) is 0.914. The van der Waals surface area contributed by atoms with Gasteiger partial charge in [-0.1, -0.05) is 6.92 Å². The molecular weight excluding hydrogens is 192 g/mol. The molecule has 0 spiro atoms. The molecule has 1 unspecified atom stereocenters. The van der Waals surface area contributed by atoms with Crippen LogP contribution in [0.5, 0.6) is 0 Å². The minimum atomic E-state index is -0.193. The van der Waals surface area contributed by atoms with Crippen molar-refractivity contribution in [1.82, 2.24) is 9.88 Å². The average Bonchev–Trinajstić information content (AvgIpc) is 2.21. The van der Waals surface area contributed by atoms with Gasteiger partial charge in [0.1, 0.15) is 0 Å². The molecule has 4 nitrogen and oxygen atoms in total. The van der Waals surface area contributed by atoms with E-state index in [1.165, 1.54) is 10.6 Å². The van der Waals surface area contributed by atoms with Crippen molar-refractivity contribution in [3.05, 3.63) is 34.2 Å². The van der Waals surface area contributed by atoms with Crippen molar-refractivity contribution >= 4 is 5.91 Å². The molecule has 1 N–H and O–H groups in total. The summed E-state index contributed by atoms with van der Waals surface area (Å²) in [6, 6.07) is 3.11. The maximum Gasteiger partial charge on any atom is 0.251 e. The molecule has 0 aromatic carbocycles. The Hall–Kier alpha value is -1.58.